The van der Waals surface area contributed by atoms with Crippen LogP contribution in [0.25, 0.3) is 5.82 Å². The topological polar surface area (TPSA) is 96.8 Å². The van der Waals surface area contributed by atoms with E-state index in [2.05, 4.69) is 20.9 Å². The molecule has 1 saturated carbocycles. The summed E-state index contributed by atoms with van der Waals surface area (Å²) in [6.07, 6.45) is 10.3. The second-order valence-electron chi connectivity index (χ2n) is 10.6. The fraction of sp³-hybridized carbons (Fsp3) is 0.355. The van der Waals surface area contributed by atoms with E-state index in [0.29, 0.717) is 46.6 Å². The molecule has 0 unspecified atom stereocenters. The van der Waals surface area contributed by atoms with Crippen LogP contribution in [0.3, 0.4) is 0 Å². The molecule has 5 rings (SSSR count). The third-order valence-corrected chi connectivity index (χ3v) is 7.83. The molecule has 1 aliphatic carbocycles. The number of nitrogens with zero attached hydrogens (tertiary/aromatic N) is 4. The molecule has 0 radical (unpaired) electrons. The molecule has 1 amide bonds. The van der Waals surface area contributed by atoms with E-state index in [1.807, 2.05) is 72.3 Å². The van der Waals surface area contributed by atoms with Gasteiger partial charge < -0.3 is 16.0 Å². The maximum Gasteiger partial charge on any atom is 0.242 e. The predicted octanol–water partition coefficient (Wildman–Crippen LogP) is 6.96. The number of amides is 1. The van der Waals surface area contributed by atoms with Crippen LogP contribution in [0.15, 0.2) is 67.1 Å². The first-order valence-electron chi connectivity index (χ1n) is 14.1. The Morgan fingerprint density at radius 3 is 2.51 bits per heavy atom. The van der Waals surface area contributed by atoms with Crippen LogP contribution in [-0.2, 0) is 17.9 Å². The van der Waals surface area contributed by atoms with Gasteiger partial charge in [-0.1, -0.05) is 79.6 Å². The molecule has 1 atom stereocenters. The summed E-state index contributed by atoms with van der Waals surface area (Å²) >= 11 is 12.2. The van der Waals surface area contributed by atoms with Gasteiger partial charge in [-0.25, -0.2) is 4.98 Å². The SMILES string of the molecule is Cc1cn(-c2cc(N[C@H](CC3CCCCC3)C(=O)NCc3ccc(Cl)cc3)nc(NCc3cccc(Cl)c3)n2)cn1. The Morgan fingerprint density at radius 2 is 1.78 bits per heavy atom. The van der Waals surface area contributed by atoms with Gasteiger partial charge >= 0.3 is 0 Å². The molecule has 0 aliphatic heterocycles. The molecule has 214 valence electrons. The third-order valence-electron chi connectivity index (χ3n) is 7.34. The van der Waals surface area contributed by atoms with Crippen LogP contribution in [-0.4, -0.2) is 31.5 Å². The number of hydrogen-bond acceptors (Lipinski definition) is 6. The van der Waals surface area contributed by atoms with E-state index in [0.717, 1.165) is 36.1 Å². The van der Waals surface area contributed by atoms with Crippen LogP contribution in [0.2, 0.25) is 10.0 Å². The average molecular weight is 593 g/mol. The van der Waals surface area contributed by atoms with Gasteiger partial charge in [-0.2, -0.15) is 9.97 Å². The van der Waals surface area contributed by atoms with Crippen molar-refractivity contribution >= 4 is 40.9 Å². The molecular weight excluding hydrogens is 557 g/mol. The lowest BCUT2D eigenvalue weighted by atomic mass is 9.84. The largest absolute Gasteiger partial charge is 0.358 e. The van der Waals surface area contributed by atoms with Crippen molar-refractivity contribution in [2.24, 2.45) is 5.92 Å². The van der Waals surface area contributed by atoms with E-state index in [9.17, 15) is 4.79 Å². The Hall–Kier alpha value is -3.62. The molecule has 2 heterocycles. The van der Waals surface area contributed by atoms with Crippen LogP contribution in [0, 0.1) is 12.8 Å². The molecule has 0 spiro atoms. The normalized spacial score (nSPS) is 14.4. The van der Waals surface area contributed by atoms with Gasteiger partial charge in [0, 0.05) is 35.4 Å². The maximum absolute atomic E-state index is 13.6. The summed E-state index contributed by atoms with van der Waals surface area (Å²) in [5, 5.41) is 11.2. The molecule has 4 aromatic rings. The van der Waals surface area contributed by atoms with Crippen molar-refractivity contribution < 1.29 is 4.79 Å². The number of carbonyl (C=O) groups excluding carboxylic acids is 1. The monoisotopic (exact) mass is 591 g/mol. The summed E-state index contributed by atoms with van der Waals surface area (Å²) in [7, 11) is 0. The van der Waals surface area contributed by atoms with Gasteiger partial charge in [-0.05, 0) is 54.7 Å². The lowest BCUT2D eigenvalue weighted by molar-refractivity contribution is -0.122. The standard InChI is InChI=1S/C31H35Cl2N7O/c1-21-19-40(20-36-21)29-16-28(38-31(39-29)35-18-24-8-5-9-26(33)14-24)37-27(15-22-6-3-2-4-7-22)30(41)34-17-23-10-12-25(32)13-11-23/h5,8-14,16,19-20,22,27H,2-4,6-7,15,17-18H2,1H3,(H,34,41)(H2,35,37,38,39)/t27-/m1/s1. The Labute approximate surface area is 250 Å². The van der Waals surface area contributed by atoms with Gasteiger partial charge in [0.2, 0.25) is 11.9 Å². The first-order valence-corrected chi connectivity index (χ1v) is 14.8. The second kappa shape index (κ2) is 13.8. The van der Waals surface area contributed by atoms with Crippen molar-refractivity contribution in [3.05, 3.63) is 94.0 Å². The van der Waals surface area contributed by atoms with Gasteiger partial charge in [0.15, 0.2) is 0 Å². The van der Waals surface area contributed by atoms with Crippen LogP contribution >= 0.6 is 23.2 Å². The molecule has 1 fully saturated rings. The molecule has 2 aromatic heterocycles. The lowest BCUT2D eigenvalue weighted by Gasteiger charge is -2.27. The van der Waals surface area contributed by atoms with Crippen LogP contribution in [0.5, 0.6) is 0 Å². The number of imidazole rings is 1. The highest BCUT2D eigenvalue weighted by Crippen LogP contribution is 2.28. The molecule has 3 N–H and O–H groups in total. The van der Waals surface area contributed by atoms with Crippen molar-refractivity contribution in [1.29, 1.82) is 0 Å². The molecule has 8 nitrogen and oxygen atoms in total. The minimum absolute atomic E-state index is 0.0578. The first kappa shape index (κ1) is 28.9. The quantitative estimate of drug-likeness (QED) is 0.174. The number of nitrogens with one attached hydrogen (secondary N) is 3. The van der Waals surface area contributed by atoms with Gasteiger partial charge in [0.1, 0.15) is 24.0 Å². The van der Waals surface area contributed by atoms with Crippen LogP contribution < -0.4 is 16.0 Å². The minimum atomic E-state index is -0.446. The zero-order valence-corrected chi connectivity index (χ0v) is 24.6. The number of halogens is 2. The van der Waals surface area contributed by atoms with Crippen molar-refractivity contribution in [2.45, 2.75) is 64.6 Å². The first-order chi connectivity index (χ1) is 19.9. The zero-order chi connectivity index (χ0) is 28.6. The summed E-state index contributed by atoms with van der Waals surface area (Å²) < 4.78 is 1.85. The smallest absolute Gasteiger partial charge is 0.242 e. The number of aromatic nitrogens is 4. The van der Waals surface area contributed by atoms with E-state index >= 15 is 0 Å². The zero-order valence-electron chi connectivity index (χ0n) is 23.1. The van der Waals surface area contributed by atoms with E-state index in [1.165, 1.54) is 19.3 Å². The molecule has 0 saturated heterocycles. The number of rotatable bonds is 11. The Bertz CT molecular complexity index is 1450. The van der Waals surface area contributed by atoms with Crippen LogP contribution in [0.4, 0.5) is 11.8 Å². The van der Waals surface area contributed by atoms with Crippen LogP contribution in [0.1, 0.15) is 55.3 Å². The summed E-state index contributed by atoms with van der Waals surface area (Å²) in [5.74, 6) is 2.08. The van der Waals surface area contributed by atoms with Gasteiger partial charge in [-0.15, -0.1) is 0 Å². The highest BCUT2D eigenvalue weighted by molar-refractivity contribution is 6.30. The summed E-state index contributed by atoms with van der Waals surface area (Å²) in [4.78, 5) is 27.4. The Balaban J connectivity index is 1.38. The highest BCUT2D eigenvalue weighted by Gasteiger charge is 2.25. The average Bonchev–Trinajstić information content (AvgIpc) is 3.42. The number of aryl methyl sites for hydroxylation is 1. The summed E-state index contributed by atoms with van der Waals surface area (Å²) in [5.41, 5.74) is 2.88. The number of carbonyl (C=O) groups is 1. The lowest BCUT2D eigenvalue weighted by Crippen LogP contribution is -2.41. The van der Waals surface area contributed by atoms with Crippen molar-refractivity contribution in [1.82, 2.24) is 24.8 Å². The van der Waals surface area contributed by atoms with E-state index in [-0.39, 0.29) is 5.91 Å². The Kier molecular flexibility index (Phi) is 9.75. The fourth-order valence-corrected chi connectivity index (χ4v) is 5.51. The number of hydrogen-bond donors (Lipinski definition) is 3. The maximum atomic E-state index is 13.6. The number of benzene rings is 2. The van der Waals surface area contributed by atoms with Crippen molar-refractivity contribution in [3.8, 4) is 5.82 Å². The van der Waals surface area contributed by atoms with Crippen molar-refractivity contribution in [2.75, 3.05) is 10.6 Å². The molecular formula is C31H35Cl2N7O. The van der Waals surface area contributed by atoms with Gasteiger partial charge in [0.05, 0.1) is 5.69 Å². The van der Waals surface area contributed by atoms with E-state index in [4.69, 9.17) is 33.2 Å². The molecule has 2 aromatic carbocycles. The van der Waals surface area contributed by atoms with Crippen molar-refractivity contribution in [3.63, 3.8) is 0 Å². The fourth-order valence-electron chi connectivity index (χ4n) is 5.18. The summed E-state index contributed by atoms with van der Waals surface area (Å²) in [6, 6.07) is 16.6. The minimum Gasteiger partial charge on any atom is -0.358 e. The predicted molar refractivity (Wildman–Crippen MR) is 165 cm³/mol. The van der Waals surface area contributed by atoms with E-state index in [1.54, 1.807) is 6.33 Å². The molecule has 41 heavy (non-hydrogen) atoms. The van der Waals surface area contributed by atoms with Gasteiger partial charge in [-0.3, -0.25) is 9.36 Å². The molecule has 10 heteroatoms. The Morgan fingerprint density at radius 1 is 0.976 bits per heavy atom. The summed E-state index contributed by atoms with van der Waals surface area (Å²) in [6.45, 7) is 2.86. The van der Waals surface area contributed by atoms with Gasteiger partial charge in [0.25, 0.3) is 0 Å². The molecule has 1 aliphatic rings. The highest BCUT2D eigenvalue weighted by atomic mass is 35.5. The molecule has 0 bridgehead atoms. The second-order valence-corrected chi connectivity index (χ2v) is 11.5. The van der Waals surface area contributed by atoms with E-state index < -0.39 is 6.04 Å². The third kappa shape index (κ3) is 8.44. The number of anilines is 2.